The lowest BCUT2D eigenvalue weighted by Crippen LogP contribution is -2.24. The predicted octanol–water partition coefficient (Wildman–Crippen LogP) is 5.17. The number of nitrogens with zero attached hydrogens (tertiary/aromatic N) is 3. The number of methoxy groups -OCH3 is 1. The molecule has 41 heavy (non-hydrogen) atoms. The van der Waals surface area contributed by atoms with E-state index in [0.29, 0.717) is 12.4 Å². The van der Waals surface area contributed by atoms with E-state index in [0.717, 1.165) is 24.8 Å². The molecule has 1 saturated heterocycles. The van der Waals surface area contributed by atoms with E-state index >= 15 is 0 Å². The van der Waals surface area contributed by atoms with Gasteiger partial charge in [0.1, 0.15) is 12.7 Å². The van der Waals surface area contributed by atoms with E-state index in [1.165, 1.54) is 19.2 Å². The smallest absolute Gasteiger partial charge is 0.264 e. The fourth-order valence-corrected chi connectivity index (χ4v) is 5.04. The van der Waals surface area contributed by atoms with Crippen molar-refractivity contribution in [3.8, 4) is 29.2 Å². The molecular weight excluding hydrogens is 548 g/mol. The van der Waals surface area contributed by atoms with Gasteiger partial charge in [-0.3, -0.25) is 4.72 Å². The normalized spacial score (nSPS) is 15.5. The molecule has 1 N–H and O–H groups in total. The van der Waals surface area contributed by atoms with Crippen LogP contribution in [0.3, 0.4) is 0 Å². The number of rotatable bonds is 11. The van der Waals surface area contributed by atoms with Gasteiger partial charge in [0.25, 0.3) is 15.9 Å². The first-order chi connectivity index (χ1) is 19.6. The minimum Gasteiger partial charge on any atom is -0.493 e. The lowest BCUT2D eigenvalue weighted by atomic mass is 9.87. The van der Waals surface area contributed by atoms with Gasteiger partial charge in [-0.2, -0.15) is 15.2 Å². The van der Waals surface area contributed by atoms with Crippen molar-refractivity contribution >= 4 is 15.8 Å². The van der Waals surface area contributed by atoms with E-state index in [-0.39, 0.29) is 58.8 Å². The predicted molar refractivity (Wildman–Crippen MR) is 151 cm³/mol. The average Bonchev–Trinajstić information content (AvgIpc) is 2.96. The second-order valence-electron chi connectivity index (χ2n) is 10.3. The van der Waals surface area contributed by atoms with Crippen molar-refractivity contribution in [1.82, 2.24) is 9.97 Å². The van der Waals surface area contributed by atoms with Gasteiger partial charge >= 0.3 is 0 Å². The lowest BCUT2D eigenvalue weighted by molar-refractivity contribution is -0.165. The largest absolute Gasteiger partial charge is 0.493 e. The van der Waals surface area contributed by atoms with Crippen LogP contribution in [0.1, 0.15) is 51.4 Å². The zero-order valence-corrected chi connectivity index (χ0v) is 24.4. The lowest BCUT2D eigenvalue weighted by Gasteiger charge is -2.22. The van der Waals surface area contributed by atoms with Gasteiger partial charge < -0.3 is 23.7 Å². The van der Waals surface area contributed by atoms with Crippen LogP contribution in [0.2, 0.25) is 0 Å². The van der Waals surface area contributed by atoms with Crippen LogP contribution in [0.15, 0.2) is 53.4 Å². The first kappa shape index (κ1) is 30.0. The van der Waals surface area contributed by atoms with Gasteiger partial charge in [-0.25, -0.2) is 8.42 Å². The highest BCUT2D eigenvalue weighted by molar-refractivity contribution is 7.92. The summed E-state index contributed by atoms with van der Waals surface area (Å²) in [5, 5.41) is 9.60. The molecule has 0 saturated carbocycles. The Balaban J connectivity index is 1.66. The molecule has 4 rings (SSSR count). The van der Waals surface area contributed by atoms with E-state index in [9.17, 15) is 13.7 Å². The SMILES string of the molecule is COc1ccccc1Oc1c(NS(=O)(=O)c2ccc(C(C)(C)C)cc2)nc(C#N)nc1OCCOC1CCCCO1. The standard InChI is InChI=1S/C29H34N4O7S/c1-29(2,3)20-12-14-21(15-13-20)41(34,35)33-27-26(40-23-10-6-5-9-22(23)36-4)28(32-24(19-30)31-27)39-18-17-38-25-11-7-8-16-37-25/h5-6,9-10,12-15,25H,7-8,11,16-18H2,1-4H3,(H,31,32,33). The third-order valence-corrected chi connectivity index (χ3v) is 7.60. The Hall–Kier alpha value is -3.92. The topological polar surface area (TPSA) is 142 Å². The minimum absolute atomic E-state index is 0.00853. The summed E-state index contributed by atoms with van der Waals surface area (Å²) in [5.41, 5.74) is 0.820. The van der Waals surface area contributed by atoms with Crippen LogP contribution in [0.5, 0.6) is 23.1 Å². The van der Waals surface area contributed by atoms with Crippen LogP contribution in [-0.4, -0.2) is 51.6 Å². The number of hydrogen-bond donors (Lipinski definition) is 1. The zero-order chi connectivity index (χ0) is 29.5. The molecule has 11 nitrogen and oxygen atoms in total. The molecule has 0 spiro atoms. The number of nitrogens with one attached hydrogen (secondary N) is 1. The monoisotopic (exact) mass is 582 g/mol. The number of hydrogen-bond acceptors (Lipinski definition) is 10. The Bertz CT molecular complexity index is 1480. The van der Waals surface area contributed by atoms with Crippen LogP contribution in [-0.2, 0) is 24.9 Å². The number of nitriles is 1. The molecule has 2 heterocycles. The van der Waals surface area contributed by atoms with Crippen LogP contribution in [0.4, 0.5) is 5.82 Å². The summed E-state index contributed by atoms with van der Waals surface area (Å²) in [7, 11) is -2.67. The summed E-state index contributed by atoms with van der Waals surface area (Å²) in [5.74, 6) is -0.227. The number of anilines is 1. The number of aromatic nitrogens is 2. The van der Waals surface area contributed by atoms with E-state index in [1.807, 2.05) is 26.8 Å². The Labute approximate surface area is 240 Å². The number of sulfonamides is 1. The third-order valence-electron chi connectivity index (χ3n) is 6.24. The van der Waals surface area contributed by atoms with E-state index in [2.05, 4.69) is 14.7 Å². The first-order valence-corrected chi connectivity index (χ1v) is 14.7. The highest BCUT2D eigenvalue weighted by Crippen LogP contribution is 2.40. The van der Waals surface area contributed by atoms with Crippen molar-refractivity contribution in [3.05, 3.63) is 59.9 Å². The molecule has 0 amide bonds. The zero-order valence-electron chi connectivity index (χ0n) is 23.5. The van der Waals surface area contributed by atoms with E-state index < -0.39 is 10.0 Å². The molecule has 1 aromatic heterocycles. The molecule has 1 unspecified atom stereocenters. The van der Waals surface area contributed by atoms with Crippen molar-refractivity contribution in [3.63, 3.8) is 0 Å². The number of ether oxygens (including phenoxy) is 5. The maximum Gasteiger partial charge on any atom is 0.264 e. The maximum atomic E-state index is 13.4. The Morgan fingerprint density at radius 2 is 1.78 bits per heavy atom. The molecule has 12 heteroatoms. The Morgan fingerprint density at radius 3 is 2.41 bits per heavy atom. The molecule has 1 atom stereocenters. The summed E-state index contributed by atoms with van der Waals surface area (Å²) in [6, 6.07) is 15.2. The van der Waals surface area contributed by atoms with E-state index in [1.54, 1.807) is 36.4 Å². The molecule has 1 aliphatic rings. The molecule has 218 valence electrons. The Kier molecular flexibility index (Phi) is 9.65. The van der Waals surface area contributed by atoms with Gasteiger partial charge in [-0.05, 0) is 54.5 Å². The van der Waals surface area contributed by atoms with Gasteiger partial charge in [0.2, 0.25) is 11.6 Å². The van der Waals surface area contributed by atoms with Crippen molar-refractivity contribution in [2.75, 3.05) is 31.7 Å². The average molecular weight is 583 g/mol. The van der Waals surface area contributed by atoms with Crippen molar-refractivity contribution < 1.29 is 32.1 Å². The van der Waals surface area contributed by atoms with Gasteiger partial charge in [-0.15, -0.1) is 0 Å². The minimum atomic E-state index is -4.15. The molecular formula is C29H34N4O7S. The summed E-state index contributed by atoms with van der Waals surface area (Å²) in [6.45, 7) is 6.96. The van der Waals surface area contributed by atoms with Crippen molar-refractivity contribution in [1.29, 1.82) is 5.26 Å². The number of para-hydroxylation sites is 2. The van der Waals surface area contributed by atoms with Gasteiger partial charge in [0, 0.05) is 6.61 Å². The molecule has 0 aliphatic carbocycles. The molecule has 1 fully saturated rings. The second-order valence-corrected chi connectivity index (χ2v) is 12.0. The molecule has 3 aromatic rings. The van der Waals surface area contributed by atoms with Crippen molar-refractivity contribution in [2.24, 2.45) is 0 Å². The van der Waals surface area contributed by atoms with Gasteiger partial charge in [0.05, 0.1) is 18.6 Å². The van der Waals surface area contributed by atoms with Crippen LogP contribution < -0.4 is 18.9 Å². The molecule has 0 bridgehead atoms. The molecule has 0 radical (unpaired) electrons. The summed E-state index contributed by atoms with van der Waals surface area (Å²) >= 11 is 0. The van der Waals surface area contributed by atoms with E-state index in [4.69, 9.17) is 23.7 Å². The van der Waals surface area contributed by atoms with Gasteiger partial charge in [0.15, 0.2) is 23.6 Å². The maximum absolute atomic E-state index is 13.4. The highest BCUT2D eigenvalue weighted by atomic mass is 32.2. The summed E-state index contributed by atoms with van der Waals surface area (Å²) < 4.78 is 57.9. The van der Waals surface area contributed by atoms with Crippen LogP contribution in [0, 0.1) is 11.3 Å². The number of benzene rings is 2. The quantitative estimate of drug-likeness (QED) is 0.301. The third kappa shape index (κ3) is 7.85. The molecule has 1 aliphatic heterocycles. The van der Waals surface area contributed by atoms with Crippen LogP contribution >= 0.6 is 0 Å². The highest BCUT2D eigenvalue weighted by Gasteiger charge is 2.26. The first-order valence-electron chi connectivity index (χ1n) is 13.2. The van der Waals surface area contributed by atoms with Crippen LogP contribution in [0.25, 0.3) is 0 Å². The fraction of sp³-hybridized carbons (Fsp3) is 0.414. The van der Waals surface area contributed by atoms with Gasteiger partial charge in [-0.1, -0.05) is 45.0 Å². The summed E-state index contributed by atoms with van der Waals surface area (Å²) in [6.07, 6.45) is 2.49. The molecule has 2 aromatic carbocycles. The summed E-state index contributed by atoms with van der Waals surface area (Å²) in [4.78, 5) is 8.27. The Morgan fingerprint density at radius 1 is 1.05 bits per heavy atom. The van der Waals surface area contributed by atoms with Crippen molar-refractivity contribution in [2.45, 2.75) is 56.6 Å². The second kappa shape index (κ2) is 13.2. The fourth-order valence-electron chi connectivity index (χ4n) is 4.03.